The minimum absolute atomic E-state index is 0.000361. The lowest BCUT2D eigenvalue weighted by Gasteiger charge is -2.19. The molecule has 35 heavy (non-hydrogen) atoms. The highest BCUT2D eigenvalue weighted by Gasteiger charge is 2.34. The Hall–Kier alpha value is -3.76. The molecular weight excluding hydrogens is 456 g/mol. The summed E-state index contributed by atoms with van der Waals surface area (Å²) in [7, 11) is 0. The van der Waals surface area contributed by atoms with E-state index in [1.165, 1.54) is 0 Å². The van der Waals surface area contributed by atoms with Crippen LogP contribution in [0.25, 0.3) is 32.9 Å². The van der Waals surface area contributed by atoms with Crippen molar-refractivity contribution in [3.05, 3.63) is 95.6 Å². The van der Waals surface area contributed by atoms with Gasteiger partial charge in [-0.2, -0.15) is 0 Å². The van der Waals surface area contributed by atoms with Gasteiger partial charge in [0.05, 0.1) is 12.1 Å². The molecule has 4 nitrogen and oxygen atoms in total. The molecule has 2 N–H and O–H groups in total. The van der Waals surface area contributed by atoms with Gasteiger partial charge in [-0.3, -0.25) is 4.79 Å². The number of rotatable bonds is 4. The van der Waals surface area contributed by atoms with Crippen molar-refractivity contribution in [2.45, 2.75) is 19.3 Å². The fourth-order valence-electron chi connectivity index (χ4n) is 5.39. The Morgan fingerprint density at radius 3 is 2.69 bits per heavy atom. The van der Waals surface area contributed by atoms with Crippen LogP contribution >= 0.6 is 11.6 Å². The predicted molar refractivity (Wildman–Crippen MR) is 144 cm³/mol. The van der Waals surface area contributed by atoms with Crippen LogP contribution in [0.4, 0.5) is 5.69 Å². The van der Waals surface area contributed by atoms with Crippen molar-refractivity contribution in [2.75, 3.05) is 17.3 Å². The molecule has 174 valence electrons. The highest BCUT2D eigenvalue weighted by atomic mass is 35.5. The van der Waals surface area contributed by atoms with E-state index in [0.717, 1.165) is 55.3 Å². The van der Waals surface area contributed by atoms with Gasteiger partial charge < -0.3 is 15.0 Å². The summed E-state index contributed by atoms with van der Waals surface area (Å²) in [4.78, 5) is 18.8. The average molecular weight is 481 g/mol. The molecule has 2 heterocycles. The molecule has 0 saturated carbocycles. The average Bonchev–Trinajstić information content (AvgIpc) is 3.46. The van der Waals surface area contributed by atoms with Gasteiger partial charge in [0.2, 0.25) is 5.91 Å². The molecule has 0 aliphatic carbocycles. The molecule has 0 fully saturated rings. The summed E-state index contributed by atoms with van der Waals surface area (Å²) in [5.74, 6) is 0.637. The number of hydrogen-bond acceptors (Lipinski definition) is 2. The number of fused-ring (bicyclic) bond motifs is 4. The van der Waals surface area contributed by atoms with E-state index in [4.69, 9.17) is 11.6 Å². The van der Waals surface area contributed by atoms with E-state index in [1.54, 1.807) is 11.0 Å². The number of hydrogen-bond donors (Lipinski definition) is 2. The lowest BCUT2D eigenvalue weighted by atomic mass is 9.92. The number of nitrogens with zero attached hydrogens (tertiary/aromatic N) is 1. The van der Waals surface area contributed by atoms with E-state index >= 15 is 0 Å². The second kappa shape index (κ2) is 8.47. The first-order chi connectivity index (χ1) is 17.0. The second-order valence-electron chi connectivity index (χ2n) is 9.33. The number of benzene rings is 4. The fraction of sp³-hybridized carbons (Fsp3) is 0.167. The Kier molecular flexibility index (Phi) is 5.27. The molecule has 5 heteroatoms. The van der Waals surface area contributed by atoms with E-state index in [0.29, 0.717) is 12.4 Å². The van der Waals surface area contributed by atoms with Crippen molar-refractivity contribution in [3.63, 3.8) is 0 Å². The van der Waals surface area contributed by atoms with Crippen LogP contribution in [0.1, 0.15) is 22.6 Å². The number of aromatic amines is 1. The lowest BCUT2D eigenvalue weighted by molar-refractivity contribution is -0.117. The van der Waals surface area contributed by atoms with Crippen molar-refractivity contribution in [2.24, 2.45) is 0 Å². The summed E-state index contributed by atoms with van der Waals surface area (Å²) in [5.41, 5.74) is 7.05. The molecule has 1 aromatic heterocycles. The molecule has 6 rings (SSSR count). The van der Waals surface area contributed by atoms with Crippen LogP contribution in [-0.4, -0.2) is 28.4 Å². The van der Waals surface area contributed by atoms with Crippen LogP contribution in [0, 0.1) is 6.92 Å². The van der Waals surface area contributed by atoms with Gasteiger partial charge in [0.25, 0.3) is 0 Å². The van der Waals surface area contributed by atoms with Gasteiger partial charge in [0, 0.05) is 46.4 Å². The highest BCUT2D eigenvalue weighted by molar-refractivity contribution is 6.19. The Balaban J connectivity index is 1.34. The smallest absolute Gasteiger partial charge is 0.231 e. The molecule has 1 unspecified atom stereocenters. The number of aromatic hydroxyl groups is 1. The Morgan fingerprint density at radius 2 is 1.89 bits per heavy atom. The highest BCUT2D eigenvalue weighted by Crippen LogP contribution is 2.46. The number of phenolic OH excluding ortho intramolecular Hbond substituents is 1. The molecule has 1 aliphatic heterocycles. The summed E-state index contributed by atoms with van der Waals surface area (Å²) in [5, 5.41) is 13.7. The van der Waals surface area contributed by atoms with Crippen molar-refractivity contribution in [1.29, 1.82) is 0 Å². The zero-order valence-electron chi connectivity index (χ0n) is 19.4. The normalized spacial score (nSPS) is 15.1. The van der Waals surface area contributed by atoms with E-state index in [2.05, 4.69) is 35.3 Å². The first kappa shape index (κ1) is 21.8. The van der Waals surface area contributed by atoms with E-state index in [-0.39, 0.29) is 24.0 Å². The number of aromatic nitrogens is 1. The van der Waals surface area contributed by atoms with E-state index in [1.807, 2.05) is 49.4 Å². The Bertz CT molecular complexity index is 1590. The number of phenols is 1. The second-order valence-corrected chi connectivity index (χ2v) is 9.64. The van der Waals surface area contributed by atoms with Crippen LogP contribution in [0.15, 0.2) is 78.9 Å². The third-order valence-electron chi connectivity index (χ3n) is 7.08. The number of alkyl halides is 1. The minimum atomic E-state index is 0.000361. The summed E-state index contributed by atoms with van der Waals surface area (Å²) < 4.78 is 0. The van der Waals surface area contributed by atoms with E-state index in [9.17, 15) is 9.90 Å². The number of carbonyl (C=O) groups excluding carboxylic acids is 1. The van der Waals surface area contributed by atoms with Crippen molar-refractivity contribution < 1.29 is 9.90 Å². The number of halogens is 1. The van der Waals surface area contributed by atoms with Crippen LogP contribution in [0.3, 0.4) is 0 Å². The van der Waals surface area contributed by atoms with Crippen LogP contribution in [0.5, 0.6) is 5.75 Å². The van der Waals surface area contributed by atoms with Gasteiger partial charge >= 0.3 is 0 Å². The van der Waals surface area contributed by atoms with Crippen molar-refractivity contribution in [3.8, 4) is 17.0 Å². The Labute approximate surface area is 208 Å². The van der Waals surface area contributed by atoms with Gasteiger partial charge in [-0.05, 0) is 46.7 Å². The maximum absolute atomic E-state index is 13.5. The number of aryl methyl sites for hydroxylation is 1. The lowest BCUT2D eigenvalue weighted by Crippen LogP contribution is -2.31. The monoisotopic (exact) mass is 480 g/mol. The first-order valence-electron chi connectivity index (χ1n) is 11.8. The molecule has 1 aliphatic rings. The third-order valence-corrected chi connectivity index (χ3v) is 7.46. The van der Waals surface area contributed by atoms with Crippen LogP contribution < -0.4 is 4.90 Å². The van der Waals surface area contributed by atoms with Crippen molar-refractivity contribution >= 4 is 44.9 Å². The zero-order valence-corrected chi connectivity index (χ0v) is 20.1. The molecule has 1 atom stereocenters. The minimum Gasteiger partial charge on any atom is -0.507 e. The number of nitrogens with one attached hydrogen (secondary N) is 1. The van der Waals surface area contributed by atoms with Gasteiger partial charge in [0.15, 0.2) is 0 Å². The predicted octanol–water partition coefficient (Wildman–Crippen LogP) is 6.91. The molecule has 4 aromatic carbocycles. The standard InChI is InChI=1S/C30H25ClN2O2/c1-18-6-5-9-23-27(34)15-26-30(29(18)23)22(16-31)17-33(26)28(35)13-19-10-11-21-14-25(32-24(21)12-19)20-7-3-2-4-8-20/h2-12,14-15,22,32,34H,13,16-17H2,1H3. The molecule has 0 bridgehead atoms. The zero-order chi connectivity index (χ0) is 24.1. The number of carbonyl (C=O) groups is 1. The van der Waals surface area contributed by atoms with Crippen LogP contribution in [0.2, 0.25) is 0 Å². The van der Waals surface area contributed by atoms with Gasteiger partial charge in [-0.15, -0.1) is 11.6 Å². The van der Waals surface area contributed by atoms with Gasteiger partial charge in [-0.25, -0.2) is 0 Å². The quantitative estimate of drug-likeness (QED) is 0.274. The topological polar surface area (TPSA) is 56.3 Å². The molecule has 1 amide bonds. The van der Waals surface area contributed by atoms with Gasteiger partial charge in [-0.1, -0.05) is 60.7 Å². The fourth-order valence-corrected chi connectivity index (χ4v) is 5.64. The molecule has 0 spiro atoms. The van der Waals surface area contributed by atoms with Crippen LogP contribution in [-0.2, 0) is 11.2 Å². The Morgan fingerprint density at radius 1 is 1.06 bits per heavy atom. The summed E-state index contributed by atoms with van der Waals surface area (Å²) in [6.07, 6.45) is 0.274. The molecule has 0 radical (unpaired) electrons. The molecular formula is C30H25ClN2O2. The molecule has 5 aromatic rings. The third kappa shape index (κ3) is 3.65. The number of anilines is 1. The van der Waals surface area contributed by atoms with Crippen molar-refractivity contribution in [1.82, 2.24) is 4.98 Å². The summed E-state index contributed by atoms with van der Waals surface area (Å²) in [6, 6.07) is 26.1. The first-order valence-corrected chi connectivity index (χ1v) is 12.4. The number of amides is 1. The summed E-state index contributed by atoms with van der Waals surface area (Å²) in [6.45, 7) is 2.56. The largest absolute Gasteiger partial charge is 0.507 e. The summed E-state index contributed by atoms with van der Waals surface area (Å²) >= 11 is 6.37. The van der Waals surface area contributed by atoms with Gasteiger partial charge in [0.1, 0.15) is 5.75 Å². The number of H-pyrrole nitrogens is 1. The molecule has 0 saturated heterocycles. The maximum Gasteiger partial charge on any atom is 0.231 e. The maximum atomic E-state index is 13.5. The SMILES string of the molecule is Cc1cccc2c(O)cc3c(c12)C(CCl)CN3C(=O)Cc1ccc2cc(-c3ccccc3)[nH]c2c1. The van der Waals surface area contributed by atoms with E-state index < -0.39 is 0 Å².